The summed E-state index contributed by atoms with van der Waals surface area (Å²) >= 11 is 0. The highest BCUT2D eigenvalue weighted by atomic mass is 28.3. The van der Waals surface area contributed by atoms with E-state index in [0.29, 0.717) is 0 Å². The Morgan fingerprint density at radius 2 is 0.679 bits per heavy atom. The first-order chi connectivity index (χ1) is 26.1. The summed E-state index contributed by atoms with van der Waals surface area (Å²) in [7, 11) is -2.26. The third-order valence-corrected chi connectivity index (χ3v) is 14.8. The Labute approximate surface area is 310 Å². The summed E-state index contributed by atoms with van der Waals surface area (Å²) < 4.78 is 4.78. The van der Waals surface area contributed by atoms with E-state index in [9.17, 15) is 0 Å². The molecule has 2 aromatic heterocycles. The highest BCUT2D eigenvalue weighted by Gasteiger charge is 2.31. The van der Waals surface area contributed by atoms with Crippen LogP contribution < -0.4 is 10.4 Å². The van der Waals surface area contributed by atoms with Gasteiger partial charge in [-0.25, -0.2) is 0 Å². The van der Waals surface area contributed by atoms with Crippen LogP contribution in [0.1, 0.15) is 0 Å². The molecular formula is C50H38N2Si. The van der Waals surface area contributed by atoms with Gasteiger partial charge in [0.15, 0.2) is 0 Å². The normalized spacial score (nSPS) is 12.0. The molecule has 0 radical (unpaired) electrons. The first kappa shape index (κ1) is 31.3. The minimum absolute atomic E-state index is 1.18. The van der Waals surface area contributed by atoms with Crippen molar-refractivity contribution >= 4 is 62.1 Å². The zero-order chi connectivity index (χ0) is 35.5. The molecule has 0 saturated carbocycles. The van der Waals surface area contributed by atoms with Gasteiger partial charge in [0.05, 0.1) is 22.1 Å². The lowest BCUT2D eigenvalue weighted by molar-refractivity contribution is 1.18. The number of rotatable bonds is 6. The molecule has 3 heteroatoms. The molecule has 2 heterocycles. The molecule has 0 amide bonds. The second-order valence-corrected chi connectivity index (χ2v) is 18.9. The number of para-hydroxylation sites is 4. The van der Waals surface area contributed by atoms with E-state index in [1.807, 2.05) is 0 Å². The zero-order valence-corrected chi connectivity index (χ0v) is 30.9. The van der Waals surface area contributed by atoms with Crippen LogP contribution in [0.5, 0.6) is 0 Å². The van der Waals surface area contributed by atoms with E-state index in [0.717, 1.165) is 0 Å². The van der Waals surface area contributed by atoms with Crippen LogP contribution in [0.2, 0.25) is 13.1 Å². The minimum atomic E-state index is -2.26. The van der Waals surface area contributed by atoms with Crippen molar-refractivity contribution in [3.05, 3.63) is 194 Å². The number of benzene rings is 8. The van der Waals surface area contributed by atoms with Gasteiger partial charge in [0.1, 0.15) is 8.07 Å². The molecule has 0 atom stereocenters. The van der Waals surface area contributed by atoms with E-state index >= 15 is 0 Å². The van der Waals surface area contributed by atoms with Crippen LogP contribution in [0.3, 0.4) is 0 Å². The van der Waals surface area contributed by atoms with Crippen LogP contribution >= 0.6 is 0 Å². The first-order valence-corrected chi connectivity index (χ1v) is 21.4. The molecule has 53 heavy (non-hydrogen) atoms. The average Bonchev–Trinajstić information content (AvgIpc) is 3.74. The molecule has 2 nitrogen and oxygen atoms in total. The monoisotopic (exact) mass is 694 g/mol. The topological polar surface area (TPSA) is 9.86 Å². The zero-order valence-electron chi connectivity index (χ0n) is 29.9. The van der Waals surface area contributed by atoms with Gasteiger partial charge in [0, 0.05) is 32.9 Å². The molecule has 0 bridgehead atoms. The number of nitrogens with zero attached hydrogens (tertiary/aromatic N) is 2. The van der Waals surface area contributed by atoms with Gasteiger partial charge in [-0.05, 0) is 93.3 Å². The smallest absolute Gasteiger partial charge is 0.113 e. The van der Waals surface area contributed by atoms with Gasteiger partial charge >= 0.3 is 0 Å². The van der Waals surface area contributed by atoms with Gasteiger partial charge in [-0.3, -0.25) is 0 Å². The lowest BCUT2D eigenvalue weighted by atomic mass is 10.0. The van der Waals surface area contributed by atoms with E-state index in [1.165, 1.54) is 87.6 Å². The van der Waals surface area contributed by atoms with Crippen LogP contribution in [-0.2, 0) is 0 Å². The van der Waals surface area contributed by atoms with E-state index in [-0.39, 0.29) is 0 Å². The van der Waals surface area contributed by atoms with E-state index in [1.54, 1.807) is 0 Å². The van der Waals surface area contributed by atoms with Gasteiger partial charge in [0.2, 0.25) is 0 Å². The van der Waals surface area contributed by atoms with Crippen molar-refractivity contribution in [2.24, 2.45) is 0 Å². The lowest BCUT2D eigenvalue weighted by Crippen LogP contribution is -2.54. The van der Waals surface area contributed by atoms with Crippen molar-refractivity contribution in [2.75, 3.05) is 0 Å². The van der Waals surface area contributed by atoms with Crippen LogP contribution in [0.15, 0.2) is 194 Å². The molecule has 10 rings (SSSR count). The highest BCUT2D eigenvalue weighted by Crippen LogP contribution is 2.37. The molecular weight excluding hydrogens is 657 g/mol. The van der Waals surface area contributed by atoms with Crippen molar-refractivity contribution in [2.45, 2.75) is 13.1 Å². The van der Waals surface area contributed by atoms with Gasteiger partial charge in [-0.1, -0.05) is 147 Å². The summed E-state index contributed by atoms with van der Waals surface area (Å²) in [6.45, 7) is 5.04. The van der Waals surface area contributed by atoms with Crippen LogP contribution in [0.4, 0.5) is 0 Å². The van der Waals surface area contributed by atoms with Gasteiger partial charge in [-0.15, -0.1) is 0 Å². The summed E-state index contributed by atoms with van der Waals surface area (Å²) in [5.41, 5.74) is 12.4. The van der Waals surface area contributed by atoms with Crippen LogP contribution in [-0.4, -0.2) is 17.2 Å². The Kier molecular flexibility index (Phi) is 7.31. The van der Waals surface area contributed by atoms with Crippen molar-refractivity contribution in [1.29, 1.82) is 0 Å². The van der Waals surface area contributed by atoms with Crippen molar-refractivity contribution in [3.63, 3.8) is 0 Å². The van der Waals surface area contributed by atoms with E-state index < -0.39 is 8.07 Å². The minimum Gasteiger partial charge on any atom is -0.309 e. The van der Waals surface area contributed by atoms with Crippen LogP contribution in [0.25, 0.3) is 77.2 Å². The maximum atomic E-state index is 2.52. The van der Waals surface area contributed by atoms with E-state index in [2.05, 4.69) is 216 Å². The molecule has 0 aliphatic rings. The summed E-state index contributed by atoms with van der Waals surface area (Å²) in [5, 5.41) is 7.99. The predicted octanol–water partition coefficient (Wildman–Crippen LogP) is 12.0. The number of hydrogen-bond donors (Lipinski definition) is 0. The summed E-state index contributed by atoms with van der Waals surface area (Å²) in [5.74, 6) is 0. The number of aromatic nitrogens is 2. The Morgan fingerprint density at radius 1 is 0.321 bits per heavy atom. The largest absolute Gasteiger partial charge is 0.309 e. The predicted molar refractivity (Wildman–Crippen MR) is 229 cm³/mol. The van der Waals surface area contributed by atoms with Gasteiger partial charge in [-0.2, -0.15) is 0 Å². The fourth-order valence-electron chi connectivity index (χ4n) is 8.70. The fourth-order valence-corrected chi connectivity index (χ4v) is 11.8. The second kappa shape index (κ2) is 12.4. The maximum absolute atomic E-state index is 2.52. The molecule has 0 unspecified atom stereocenters. The summed E-state index contributed by atoms with van der Waals surface area (Å²) in [4.78, 5) is 0. The molecule has 0 saturated heterocycles. The van der Waals surface area contributed by atoms with Gasteiger partial charge < -0.3 is 9.13 Å². The molecule has 252 valence electrons. The molecule has 8 aromatic carbocycles. The Morgan fingerprint density at radius 3 is 1.13 bits per heavy atom. The standard InChI is InChI=1S/C50H38N2Si/c1-53(2,49-27-15-11-21-39(49)35-29-31-47-43(33-35)41-23-9-13-25-45(41)51(47)37-17-5-3-6-18-37)50-28-16-12-22-40(50)36-30-32-48-44(34-36)42-24-10-14-26-46(42)52(48)38-19-7-4-8-20-38/h3-34H,1-2H3. The van der Waals surface area contributed by atoms with Crippen LogP contribution in [0, 0.1) is 0 Å². The SMILES string of the molecule is C[Si](C)(c1ccccc1-c1ccc2c(c1)c1ccccc1n2-c1ccccc1)c1ccccc1-c1ccc2c(c1)c1ccccc1n2-c1ccccc1. The molecule has 0 fully saturated rings. The molecule has 0 N–H and O–H groups in total. The maximum Gasteiger partial charge on any atom is 0.113 e. The first-order valence-electron chi connectivity index (χ1n) is 18.4. The van der Waals surface area contributed by atoms with Crippen molar-refractivity contribution in [3.8, 4) is 33.6 Å². The van der Waals surface area contributed by atoms with Crippen molar-refractivity contribution < 1.29 is 0 Å². The number of hydrogen-bond acceptors (Lipinski definition) is 0. The Hall–Kier alpha value is -6.42. The Bertz CT molecular complexity index is 2770. The van der Waals surface area contributed by atoms with Gasteiger partial charge in [0.25, 0.3) is 0 Å². The average molecular weight is 695 g/mol. The third-order valence-electron chi connectivity index (χ3n) is 11.2. The lowest BCUT2D eigenvalue weighted by Gasteiger charge is -2.29. The molecule has 0 aliphatic carbocycles. The molecule has 0 aliphatic heterocycles. The molecule has 0 spiro atoms. The highest BCUT2D eigenvalue weighted by molar-refractivity contribution is 7.02. The second-order valence-electron chi connectivity index (χ2n) is 14.6. The fraction of sp³-hybridized carbons (Fsp3) is 0.0400. The summed E-state index contributed by atoms with van der Waals surface area (Å²) in [6, 6.07) is 71.4. The van der Waals surface area contributed by atoms with Crippen molar-refractivity contribution in [1.82, 2.24) is 9.13 Å². The Balaban J connectivity index is 1.12. The molecule has 10 aromatic rings. The number of fused-ring (bicyclic) bond motifs is 6. The quantitative estimate of drug-likeness (QED) is 0.153. The summed E-state index contributed by atoms with van der Waals surface area (Å²) in [6.07, 6.45) is 0. The third kappa shape index (κ3) is 5.00. The van der Waals surface area contributed by atoms with E-state index in [4.69, 9.17) is 0 Å².